The van der Waals surface area contributed by atoms with Crippen LogP contribution in [0.5, 0.6) is 0 Å². The van der Waals surface area contributed by atoms with E-state index in [1.807, 2.05) is 25.8 Å². The molecule has 2 amide bonds. The number of carbonyl (C=O) groups is 3. The average molecular weight is 453 g/mol. The van der Waals surface area contributed by atoms with Gasteiger partial charge in [0.05, 0.1) is 0 Å². The molecule has 31 heavy (non-hydrogen) atoms. The topological polar surface area (TPSA) is 90.9 Å². The number of nitrogens with one attached hydrogen (secondary N) is 2. The third-order valence-electron chi connectivity index (χ3n) is 6.39. The molecule has 1 unspecified atom stereocenters. The second kappa shape index (κ2) is 13.8. The number of carbonyl (C=O) groups excluding carboxylic acids is 3. The van der Waals surface area contributed by atoms with Crippen molar-refractivity contribution in [3.63, 3.8) is 0 Å². The minimum Gasteiger partial charge on any atom is -0.352 e. The molecule has 0 radical (unpaired) electrons. The van der Waals surface area contributed by atoms with E-state index in [0.29, 0.717) is 5.17 Å². The van der Waals surface area contributed by atoms with Crippen LogP contribution in [-0.4, -0.2) is 53.1 Å². The van der Waals surface area contributed by atoms with E-state index in [-0.39, 0.29) is 17.7 Å². The molecule has 8 heteroatoms. The number of hydrogen-bond donors (Lipinski definition) is 2. The van der Waals surface area contributed by atoms with Crippen LogP contribution in [0, 0.1) is 11.8 Å². The van der Waals surface area contributed by atoms with Crippen molar-refractivity contribution in [2.75, 3.05) is 19.3 Å². The summed E-state index contributed by atoms with van der Waals surface area (Å²) in [5.74, 6) is -0.428. The number of amides is 2. The van der Waals surface area contributed by atoms with Crippen LogP contribution in [0.4, 0.5) is 0 Å². The summed E-state index contributed by atoms with van der Waals surface area (Å²) in [6.45, 7) is 4.87. The normalized spacial score (nSPS) is 22.8. The first-order valence-corrected chi connectivity index (χ1v) is 13.1. The number of rotatable bonds is 6. The lowest BCUT2D eigenvalue weighted by Gasteiger charge is -2.30. The molecule has 0 spiro atoms. The Balaban J connectivity index is 0.00000166. The smallest absolute Gasteiger partial charge is 0.309 e. The van der Waals surface area contributed by atoms with Crippen molar-refractivity contribution < 1.29 is 14.4 Å². The maximum atomic E-state index is 13.0. The zero-order valence-corrected chi connectivity index (χ0v) is 20.3. The van der Waals surface area contributed by atoms with Crippen molar-refractivity contribution in [3.8, 4) is 0 Å². The summed E-state index contributed by atoms with van der Waals surface area (Å²) < 4.78 is 0. The number of thioether (sulfide) groups is 1. The molecule has 0 bridgehead atoms. The monoisotopic (exact) mass is 452 g/mol. The lowest BCUT2D eigenvalue weighted by atomic mass is 9.81. The second-order valence-electron chi connectivity index (χ2n) is 8.54. The first-order valence-electron chi connectivity index (χ1n) is 12.1. The number of Topliss-reactive ketones (excluding diaryl/α,β-unsaturated/α-hetero) is 1. The fourth-order valence-corrected chi connectivity index (χ4v) is 5.54. The zero-order valence-electron chi connectivity index (χ0n) is 19.5. The molecule has 2 saturated carbocycles. The van der Waals surface area contributed by atoms with Crippen LogP contribution in [0.25, 0.3) is 0 Å². The van der Waals surface area contributed by atoms with Crippen LogP contribution in [0.3, 0.4) is 0 Å². The molecule has 3 rings (SSSR count). The van der Waals surface area contributed by atoms with E-state index in [1.165, 1.54) is 12.8 Å². The van der Waals surface area contributed by atoms with E-state index in [1.54, 1.807) is 11.8 Å². The number of nitrogens with zero attached hydrogens (tertiary/aromatic N) is 2. The summed E-state index contributed by atoms with van der Waals surface area (Å²) in [6.07, 6.45) is 11.2. The van der Waals surface area contributed by atoms with Gasteiger partial charge in [-0.15, -0.1) is 5.10 Å². The largest absolute Gasteiger partial charge is 0.352 e. The van der Waals surface area contributed by atoms with Gasteiger partial charge in [0.15, 0.2) is 5.17 Å². The van der Waals surface area contributed by atoms with Gasteiger partial charge in [-0.05, 0) is 31.6 Å². The molecule has 1 aliphatic heterocycles. The van der Waals surface area contributed by atoms with Crippen LogP contribution < -0.4 is 10.7 Å². The lowest BCUT2D eigenvalue weighted by Crippen LogP contribution is -2.52. The highest BCUT2D eigenvalue weighted by molar-refractivity contribution is 8.14. The number of hydrazone groups is 1. The Kier molecular flexibility index (Phi) is 11.4. The molecule has 2 N–H and O–H groups in total. The molecule has 2 aliphatic carbocycles. The highest BCUT2D eigenvalue weighted by Crippen LogP contribution is 2.28. The Morgan fingerprint density at radius 2 is 1.55 bits per heavy atom. The summed E-state index contributed by atoms with van der Waals surface area (Å²) in [5, 5.41) is 7.81. The molecular weight excluding hydrogens is 412 g/mol. The first-order chi connectivity index (χ1) is 15.1. The molecule has 3 fully saturated rings. The van der Waals surface area contributed by atoms with E-state index in [0.717, 1.165) is 70.1 Å². The van der Waals surface area contributed by atoms with Crippen molar-refractivity contribution in [3.05, 3.63) is 0 Å². The highest BCUT2D eigenvalue weighted by atomic mass is 32.2. The molecular formula is C23H40N4O3S. The standard InChI is InChI=1S/C21H34N4O3S.C2H6/c1-25-13-14-29-21(25)24-23-20(28)18(26)17(15-9-7-4-8-10-15)22-19(27)16-11-5-2-3-6-12-16;1-2/h15-17H,2-14H2,1H3,(H,22,27)(H,23,28);1-2H3/b24-21-;. The van der Waals surface area contributed by atoms with E-state index in [2.05, 4.69) is 15.8 Å². The van der Waals surface area contributed by atoms with Gasteiger partial charge in [-0.2, -0.15) is 0 Å². The lowest BCUT2D eigenvalue weighted by molar-refractivity contribution is -0.141. The molecule has 176 valence electrons. The maximum absolute atomic E-state index is 13.0. The summed E-state index contributed by atoms with van der Waals surface area (Å²) in [6, 6.07) is -0.736. The van der Waals surface area contributed by atoms with Crippen LogP contribution >= 0.6 is 11.8 Å². The van der Waals surface area contributed by atoms with Crippen molar-refractivity contribution in [2.24, 2.45) is 16.9 Å². The number of hydrogen-bond acceptors (Lipinski definition) is 5. The van der Waals surface area contributed by atoms with Crippen LogP contribution in [0.15, 0.2) is 5.10 Å². The Hall–Kier alpha value is -1.57. The van der Waals surface area contributed by atoms with Crippen molar-refractivity contribution in [2.45, 2.75) is 90.5 Å². The van der Waals surface area contributed by atoms with Crippen molar-refractivity contribution in [1.82, 2.24) is 15.6 Å². The van der Waals surface area contributed by atoms with E-state index >= 15 is 0 Å². The predicted octanol–water partition coefficient (Wildman–Crippen LogP) is 3.68. The van der Waals surface area contributed by atoms with Gasteiger partial charge in [0.2, 0.25) is 11.7 Å². The Morgan fingerprint density at radius 1 is 0.968 bits per heavy atom. The fourth-order valence-electron chi connectivity index (χ4n) is 4.57. The zero-order chi connectivity index (χ0) is 22.6. The third-order valence-corrected chi connectivity index (χ3v) is 7.44. The predicted molar refractivity (Wildman–Crippen MR) is 127 cm³/mol. The number of amidine groups is 1. The Bertz CT molecular complexity index is 626. The van der Waals surface area contributed by atoms with Gasteiger partial charge in [-0.1, -0.05) is 70.6 Å². The Labute approximate surface area is 191 Å². The fraction of sp³-hybridized carbons (Fsp3) is 0.826. The van der Waals surface area contributed by atoms with E-state index in [4.69, 9.17) is 0 Å². The van der Waals surface area contributed by atoms with Gasteiger partial charge >= 0.3 is 5.91 Å². The maximum Gasteiger partial charge on any atom is 0.309 e. The van der Waals surface area contributed by atoms with Crippen LogP contribution in [0.1, 0.15) is 84.5 Å². The van der Waals surface area contributed by atoms with Crippen LogP contribution in [-0.2, 0) is 14.4 Å². The molecule has 7 nitrogen and oxygen atoms in total. The third kappa shape index (κ3) is 7.81. The summed E-state index contributed by atoms with van der Waals surface area (Å²) in [5.41, 5.74) is 2.42. The van der Waals surface area contributed by atoms with Crippen molar-refractivity contribution in [1.29, 1.82) is 0 Å². The van der Waals surface area contributed by atoms with Gasteiger partial charge in [-0.25, -0.2) is 5.43 Å². The van der Waals surface area contributed by atoms with Gasteiger partial charge in [-0.3, -0.25) is 14.4 Å². The Morgan fingerprint density at radius 3 is 2.13 bits per heavy atom. The SMILES string of the molecule is CC.CN1CCS/C1=N\NC(=O)C(=O)C(NC(=O)C1CCCCCC1)C1CCCCC1. The van der Waals surface area contributed by atoms with Crippen LogP contribution in [0.2, 0.25) is 0 Å². The second-order valence-corrected chi connectivity index (χ2v) is 9.60. The summed E-state index contributed by atoms with van der Waals surface area (Å²) >= 11 is 1.55. The van der Waals surface area contributed by atoms with E-state index in [9.17, 15) is 14.4 Å². The molecule has 0 aromatic heterocycles. The highest BCUT2D eigenvalue weighted by Gasteiger charge is 2.36. The van der Waals surface area contributed by atoms with Gasteiger partial charge in [0, 0.05) is 25.3 Å². The molecule has 0 aromatic rings. The van der Waals surface area contributed by atoms with Gasteiger partial charge < -0.3 is 10.2 Å². The average Bonchev–Trinajstić information content (AvgIpc) is 3.04. The van der Waals surface area contributed by atoms with Gasteiger partial charge in [0.1, 0.15) is 6.04 Å². The molecule has 0 aromatic carbocycles. The van der Waals surface area contributed by atoms with Gasteiger partial charge in [0.25, 0.3) is 0 Å². The minimum atomic E-state index is -0.736. The first kappa shape index (κ1) is 25.7. The molecule has 3 aliphatic rings. The van der Waals surface area contributed by atoms with Crippen molar-refractivity contribution >= 4 is 34.5 Å². The quantitative estimate of drug-likeness (QED) is 0.364. The molecule has 1 saturated heterocycles. The molecule has 1 heterocycles. The summed E-state index contributed by atoms with van der Waals surface area (Å²) in [7, 11) is 1.91. The number of ketones is 1. The van der Waals surface area contributed by atoms with E-state index < -0.39 is 17.7 Å². The summed E-state index contributed by atoms with van der Waals surface area (Å²) in [4.78, 5) is 40.4. The minimum absolute atomic E-state index is 0.0351. The molecule has 1 atom stereocenters.